The van der Waals surface area contributed by atoms with E-state index in [-0.39, 0.29) is 0 Å². The van der Waals surface area contributed by atoms with Crippen LogP contribution in [0.4, 0.5) is 5.69 Å². The minimum Gasteiger partial charge on any atom is -0.478 e. The Morgan fingerprint density at radius 3 is 3.00 bits per heavy atom. The number of benzene rings is 1. The second kappa shape index (κ2) is 2.90. The molecule has 4 nitrogen and oxygen atoms in total. The number of anilines is 1. The Kier molecular flexibility index (Phi) is 1.84. The summed E-state index contributed by atoms with van der Waals surface area (Å²) in [7, 11) is 0. The number of ether oxygens (including phenoxy) is 1. The molecule has 0 radical (unpaired) electrons. The number of hydrogen-bond donors (Lipinski definition) is 2. The van der Waals surface area contributed by atoms with E-state index in [0.717, 1.165) is 11.1 Å². The number of nitrogen functional groups attached to an aromatic ring is 1. The summed E-state index contributed by atoms with van der Waals surface area (Å²) >= 11 is 0. The van der Waals surface area contributed by atoms with Gasteiger partial charge in [-0.3, -0.25) is 0 Å². The standard InChI is InChI=1S/C10H11NO3/c1-5-2-8-6(3-7(5)11)4-9(14-8)10(12)13/h2-3,9H,4,11H2,1H3,(H,12,13). The average molecular weight is 193 g/mol. The molecule has 1 aromatic rings. The molecular weight excluding hydrogens is 182 g/mol. The Bertz CT molecular complexity index is 370. The van der Waals surface area contributed by atoms with E-state index in [4.69, 9.17) is 15.6 Å². The predicted octanol–water partition coefficient (Wildman–Crippen LogP) is 0.965. The molecule has 1 aliphatic rings. The molecule has 1 unspecified atom stereocenters. The molecule has 0 saturated heterocycles. The molecule has 0 aromatic heterocycles. The van der Waals surface area contributed by atoms with Crippen molar-refractivity contribution in [1.82, 2.24) is 0 Å². The summed E-state index contributed by atoms with van der Waals surface area (Å²) < 4.78 is 5.25. The van der Waals surface area contributed by atoms with Crippen molar-refractivity contribution in [3.05, 3.63) is 23.3 Å². The molecule has 74 valence electrons. The Labute approximate surface area is 81.3 Å². The Balaban J connectivity index is 2.36. The summed E-state index contributed by atoms with van der Waals surface area (Å²) in [6.07, 6.45) is -0.360. The number of nitrogens with two attached hydrogens (primary N) is 1. The third-order valence-electron chi connectivity index (χ3n) is 2.40. The van der Waals surface area contributed by atoms with Crippen molar-refractivity contribution < 1.29 is 14.6 Å². The van der Waals surface area contributed by atoms with Gasteiger partial charge in [0.25, 0.3) is 0 Å². The molecule has 4 heteroatoms. The summed E-state index contributed by atoms with van der Waals surface area (Å²) in [5.74, 6) is -0.290. The van der Waals surface area contributed by atoms with E-state index >= 15 is 0 Å². The van der Waals surface area contributed by atoms with Gasteiger partial charge in [-0.25, -0.2) is 4.79 Å². The molecule has 0 amide bonds. The number of carbonyl (C=O) groups is 1. The van der Waals surface area contributed by atoms with Crippen molar-refractivity contribution in [3.8, 4) is 5.75 Å². The Hall–Kier alpha value is -1.71. The highest BCUT2D eigenvalue weighted by molar-refractivity contribution is 5.75. The topological polar surface area (TPSA) is 72.6 Å². The molecule has 0 aliphatic carbocycles. The quantitative estimate of drug-likeness (QED) is 0.652. The second-order valence-electron chi connectivity index (χ2n) is 3.47. The van der Waals surface area contributed by atoms with Crippen LogP contribution in [0.1, 0.15) is 11.1 Å². The molecule has 1 aliphatic heterocycles. The van der Waals surface area contributed by atoms with Gasteiger partial charge in [0.15, 0.2) is 6.10 Å². The number of carboxylic acid groups (broad SMARTS) is 1. The first-order valence-corrected chi connectivity index (χ1v) is 4.36. The van der Waals surface area contributed by atoms with Crippen molar-refractivity contribution in [3.63, 3.8) is 0 Å². The third-order valence-corrected chi connectivity index (χ3v) is 2.40. The number of carboxylic acids is 1. The van der Waals surface area contributed by atoms with E-state index in [1.165, 1.54) is 0 Å². The van der Waals surface area contributed by atoms with E-state index in [1.807, 2.05) is 6.92 Å². The van der Waals surface area contributed by atoms with Gasteiger partial charge in [0.2, 0.25) is 0 Å². The van der Waals surface area contributed by atoms with E-state index in [1.54, 1.807) is 12.1 Å². The SMILES string of the molecule is Cc1cc2c(cc1N)CC(C(=O)O)O2. The van der Waals surface area contributed by atoms with Crippen LogP contribution in [-0.4, -0.2) is 17.2 Å². The van der Waals surface area contributed by atoms with Crippen molar-refractivity contribution >= 4 is 11.7 Å². The van der Waals surface area contributed by atoms with Crippen LogP contribution in [-0.2, 0) is 11.2 Å². The first-order valence-electron chi connectivity index (χ1n) is 4.36. The summed E-state index contributed by atoms with van der Waals surface area (Å²) in [5, 5.41) is 8.77. The van der Waals surface area contributed by atoms with Crippen LogP contribution in [0.5, 0.6) is 5.75 Å². The number of fused-ring (bicyclic) bond motifs is 1. The lowest BCUT2D eigenvalue weighted by molar-refractivity contribution is -0.144. The fourth-order valence-corrected chi connectivity index (χ4v) is 1.55. The zero-order valence-corrected chi connectivity index (χ0v) is 7.78. The monoisotopic (exact) mass is 193 g/mol. The molecule has 0 bridgehead atoms. The maximum Gasteiger partial charge on any atom is 0.345 e. The molecule has 0 spiro atoms. The van der Waals surface area contributed by atoms with Crippen LogP contribution in [0.25, 0.3) is 0 Å². The normalized spacial score (nSPS) is 18.8. The smallest absolute Gasteiger partial charge is 0.345 e. The predicted molar refractivity (Wildman–Crippen MR) is 51.3 cm³/mol. The molecule has 3 N–H and O–H groups in total. The molecule has 0 saturated carbocycles. The highest BCUT2D eigenvalue weighted by Gasteiger charge is 2.29. The molecule has 1 aromatic carbocycles. The number of hydrogen-bond acceptors (Lipinski definition) is 3. The van der Waals surface area contributed by atoms with E-state index in [2.05, 4.69) is 0 Å². The zero-order valence-electron chi connectivity index (χ0n) is 7.78. The van der Waals surface area contributed by atoms with Gasteiger partial charge in [0, 0.05) is 17.7 Å². The molecule has 1 heterocycles. The minimum absolute atomic E-state index is 0.398. The average Bonchev–Trinajstić information content (AvgIpc) is 2.48. The molecule has 1 atom stereocenters. The summed E-state index contributed by atoms with van der Waals surface area (Å²) in [6.45, 7) is 1.87. The lowest BCUT2D eigenvalue weighted by Crippen LogP contribution is -2.24. The van der Waals surface area contributed by atoms with Gasteiger partial charge in [-0.1, -0.05) is 0 Å². The lowest BCUT2D eigenvalue weighted by atomic mass is 10.1. The second-order valence-corrected chi connectivity index (χ2v) is 3.47. The van der Waals surface area contributed by atoms with Gasteiger partial charge in [-0.15, -0.1) is 0 Å². The molecule has 14 heavy (non-hydrogen) atoms. The van der Waals surface area contributed by atoms with Crippen LogP contribution in [0.2, 0.25) is 0 Å². The number of aryl methyl sites for hydroxylation is 1. The van der Waals surface area contributed by atoms with E-state index in [9.17, 15) is 4.79 Å². The van der Waals surface area contributed by atoms with Crippen LogP contribution in [0.15, 0.2) is 12.1 Å². The number of aliphatic carboxylic acids is 1. The van der Waals surface area contributed by atoms with Crippen LogP contribution in [0.3, 0.4) is 0 Å². The van der Waals surface area contributed by atoms with Crippen LogP contribution < -0.4 is 10.5 Å². The van der Waals surface area contributed by atoms with Gasteiger partial charge in [0.1, 0.15) is 5.75 Å². The van der Waals surface area contributed by atoms with Crippen molar-refractivity contribution in [2.24, 2.45) is 0 Å². The van der Waals surface area contributed by atoms with E-state index < -0.39 is 12.1 Å². The van der Waals surface area contributed by atoms with Crippen LogP contribution in [0, 0.1) is 6.92 Å². The van der Waals surface area contributed by atoms with Gasteiger partial charge in [0.05, 0.1) is 0 Å². The highest BCUT2D eigenvalue weighted by Crippen LogP contribution is 2.32. The van der Waals surface area contributed by atoms with Gasteiger partial charge in [-0.05, 0) is 24.6 Å². The van der Waals surface area contributed by atoms with E-state index in [0.29, 0.717) is 17.9 Å². The lowest BCUT2D eigenvalue weighted by Gasteiger charge is -2.05. The highest BCUT2D eigenvalue weighted by atomic mass is 16.5. The first-order chi connectivity index (χ1) is 6.58. The molecular formula is C10H11NO3. The van der Waals surface area contributed by atoms with Crippen LogP contribution >= 0.6 is 0 Å². The molecule has 2 rings (SSSR count). The first kappa shape index (κ1) is 8.87. The summed E-state index contributed by atoms with van der Waals surface area (Å²) in [6, 6.07) is 3.57. The fraction of sp³-hybridized carbons (Fsp3) is 0.300. The Morgan fingerprint density at radius 2 is 2.36 bits per heavy atom. The minimum atomic E-state index is -0.933. The van der Waals surface area contributed by atoms with Gasteiger partial charge < -0.3 is 15.6 Å². The fourth-order valence-electron chi connectivity index (χ4n) is 1.55. The summed E-state index contributed by atoms with van der Waals surface area (Å²) in [5.41, 5.74) is 8.18. The van der Waals surface area contributed by atoms with Crippen molar-refractivity contribution in [1.29, 1.82) is 0 Å². The number of rotatable bonds is 1. The zero-order chi connectivity index (χ0) is 10.3. The molecule has 0 fully saturated rings. The summed E-state index contributed by atoms with van der Waals surface area (Å²) in [4.78, 5) is 10.7. The largest absolute Gasteiger partial charge is 0.478 e. The van der Waals surface area contributed by atoms with Gasteiger partial charge >= 0.3 is 5.97 Å². The van der Waals surface area contributed by atoms with Crippen molar-refractivity contribution in [2.45, 2.75) is 19.4 Å². The van der Waals surface area contributed by atoms with Crippen molar-refractivity contribution in [2.75, 3.05) is 5.73 Å². The van der Waals surface area contributed by atoms with Gasteiger partial charge in [-0.2, -0.15) is 0 Å². The third kappa shape index (κ3) is 1.28. The maximum absolute atomic E-state index is 10.7. The Morgan fingerprint density at radius 1 is 1.64 bits per heavy atom. The maximum atomic E-state index is 10.7.